The third-order valence-corrected chi connectivity index (χ3v) is 4.64. The lowest BCUT2D eigenvalue weighted by molar-refractivity contribution is -0.137. The molecule has 27 heavy (non-hydrogen) atoms. The molecule has 0 radical (unpaired) electrons. The number of anilines is 2. The Morgan fingerprint density at radius 3 is 2.74 bits per heavy atom. The predicted octanol–water partition coefficient (Wildman–Crippen LogP) is 4.05. The number of hydrogen-bond donors (Lipinski definition) is 1. The fourth-order valence-corrected chi connectivity index (χ4v) is 3.09. The number of rotatable bonds is 3. The lowest BCUT2D eigenvalue weighted by atomic mass is 10.1. The van der Waals surface area contributed by atoms with Gasteiger partial charge in [-0.1, -0.05) is 17.7 Å². The summed E-state index contributed by atoms with van der Waals surface area (Å²) in [5.41, 5.74) is -0.202. The maximum absolute atomic E-state index is 13.0. The minimum atomic E-state index is -4.64. The van der Waals surface area contributed by atoms with E-state index in [1.54, 1.807) is 19.1 Å². The summed E-state index contributed by atoms with van der Waals surface area (Å²) in [7, 11) is 0. The van der Waals surface area contributed by atoms with Crippen molar-refractivity contribution in [2.24, 2.45) is 5.92 Å². The molecule has 0 spiro atoms. The molecule has 1 N–H and O–H groups in total. The summed E-state index contributed by atoms with van der Waals surface area (Å²) >= 11 is 5.61. The summed E-state index contributed by atoms with van der Waals surface area (Å²) in [6, 6.07) is 6.76. The van der Waals surface area contributed by atoms with E-state index in [1.165, 1.54) is 17.2 Å². The standard InChI is InChI=1S/C18H15ClF3N3O2/c1-10-3-2-6-23-16(10)24-17(27)11-7-15(26)25(9-11)12-4-5-14(19)13(8-12)18(20,21)22/h2-6,8,11H,7,9H2,1H3,(H,23,24,27)/t11-/m1/s1. The van der Waals surface area contributed by atoms with Crippen LogP contribution in [0.15, 0.2) is 36.5 Å². The molecule has 1 aliphatic rings. The molecule has 0 saturated carbocycles. The smallest absolute Gasteiger partial charge is 0.312 e. The summed E-state index contributed by atoms with van der Waals surface area (Å²) < 4.78 is 39.1. The number of carbonyl (C=O) groups is 2. The number of halogens is 4. The second kappa shape index (κ2) is 7.19. The van der Waals surface area contributed by atoms with E-state index in [9.17, 15) is 22.8 Å². The van der Waals surface area contributed by atoms with Crippen LogP contribution in [0.4, 0.5) is 24.7 Å². The van der Waals surface area contributed by atoms with Gasteiger partial charge in [0.05, 0.1) is 16.5 Å². The molecular formula is C18H15ClF3N3O2. The Kier molecular flexibility index (Phi) is 5.10. The molecule has 2 amide bonds. The first-order chi connectivity index (χ1) is 12.7. The van der Waals surface area contributed by atoms with E-state index in [2.05, 4.69) is 10.3 Å². The number of nitrogens with zero attached hydrogens (tertiary/aromatic N) is 2. The van der Waals surface area contributed by atoms with E-state index >= 15 is 0 Å². The molecule has 1 saturated heterocycles. The van der Waals surface area contributed by atoms with Crippen LogP contribution >= 0.6 is 11.6 Å². The lowest BCUT2D eigenvalue weighted by Crippen LogP contribution is -2.28. The molecule has 1 aromatic heterocycles. The normalized spacial score (nSPS) is 17.3. The largest absolute Gasteiger partial charge is 0.417 e. The van der Waals surface area contributed by atoms with E-state index in [-0.39, 0.29) is 18.7 Å². The van der Waals surface area contributed by atoms with Gasteiger partial charge in [-0.25, -0.2) is 4.98 Å². The van der Waals surface area contributed by atoms with Crippen molar-refractivity contribution in [2.75, 3.05) is 16.8 Å². The highest BCUT2D eigenvalue weighted by molar-refractivity contribution is 6.31. The van der Waals surface area contributed by atoms with Crippen molar-refractivity contribution in [3.63, 3.8) is 0 Å². The Labute approximate surface area is 158 Å². The predicted molar refractivity (Wildman–Crippen MR) is 94.5 cm³/mol. The molecule has 0 aliphatic carbocycles. The fraction of sp³-hybridized carbons (Fsp3) is 0.278. The van der Waals surface area contributed by atoms with Gasteiger partial charge >= 0.3 is 6.18 Å². The SMILES string of the molecule is Cc1cccnc1NC(=O)[C@@H]1CC(=O)N(c2ccc(Cl)c(C(F)(F)F)c2)C1. The van der Waals surface area contributed by atoms with Crippen molar-refractivity contribution in [1.82, 2.24) is 4.98 Å². The molecule has 0 bridgehead atoms. The van der Waals surface area contributed by atoms with Gasteiger partial charge in [-0.3, -0.25) is 9.59 Å². The van der Waals surface area contributed by atoms with Gasteiger partial charge in [-0.2, -0.15) is 13.2 Å². The zero-order valence-electron chi connectivity index (χ0n) is 14.2. The average Bonchev–Trinajstić information content (AvgIpc) is 2.98. The summed E-state index contributed by atoms with van der Waals surface area (Å²) in [5.74, 6) is -1.14. The van der Waals surface area contributed by atoms with Gasteiger partial charge in [0.15, 0.2) is 0 Å². The molecule has 1 fully saturated rings. The van der Waals surface area contributed by atoms with Gasteiger partial charge in [-0.05, 0) is 36.8 Å². The number of aryl methyl sites for hydroxylation is 1. The minimum Gasteiger partial charge on any atom is -0.312 e. The molecular weight excluding hydrogens is 383 g/mol. The molecule has 1 aromatic carbocycles. The molecule has 3 rings (SSSR count). The van der Waals surface area contributed by atoms with Gasteiger partial charge in [-0.15, -0.1) is 0 Å². The molecule has 1 aliphatic heterocycles. The quantitative estimate of drug-likeness (QED) is 0.849. The molecule has 0 unspecified atom stereocenters. The van der Waals surface area contributed by atoms with Gasteiger partial charge in [0, 0.05) is 24.8 Å². The van der Waals surface area contributed by atoms with Gasteiger partial charge in [0.25, 0.3) is 0 Å². The maximum atomic E-state index is 13.0. The van der Waals surface area contributed by atoms with Gasteiger partial charge < -0.3 is 10.2 Å². The average molecular weight is 398 g/mol. The van der Waals surface area contributed by atoms with Crippen LogP contribution in [-0.4, -0.2) is 23.3 Å². The van der Waals surface area contributed by atoms with Crippen molar-refractivity contribution >= 4 is 34.9 Å². The summed E-state index contributed by atoms with van der Waals surface area (Å²) in [4.78, 5) is 29.9. The molecule has 5 nitrogen and oxygen atoms in total. The van der Waals surface area contributed by atoms with Crippen LogP contribution in [0.25, 0.3) is 0 Å². The third-order valence-electron chi connectivity index (χ3n) is 4.31. The number of alkyl halides is 3. The summed E-state index contributed by atoms with van der Waals surface area (Å²) in [6.07, 6.45) is -3.20. The van der Waals surface area contributed by atoms with Crippen molar-refractivity contribution < 1.29 is 22.8 Å². The monoisotopic (exact) mass is 397 g/mol. The second-order valence-electron chi connectivity index (χ2n) is 6.23. The Morgan fingerprint density at radius 2 is 2.07 bits per heavy atom. The van der Waals surface area contributed by atoms with Crippen molar-refractivity contribution in [1.29, 1.82) is 0 Å². The van der Waals surface area contributed by atoms with Crippen LogP contribution in [0.5, 0.6) is 0 Å². The van der Waals surface area contributed by atoms with Crippen LogP contribution in [0.2, 0.25) is 5.02 Å². The van der Waals surface area contributed by atoms with Crippen molar-refractivity contribution in [3.8, 4) is 0 Å². The molecule has 9 heteroatoms. The minimum absolute atomic E-state index is 0.0184. The van der Waals surface area contributed by atoms with Crippen LogP contribution in [0, 0.1) is 12.8 Å². The molecule has 2 aromatic rings. The Morgan fingerprint density at radius 1 is 1.33 bits per heavy atom. The van der Waals surface area contributed by atoms with Gasteiger partial charge in [0.1, 0.15) is 5.82 Å². The first-order valence-corrected chi connectivity index (χ1v) is 8.44. The first kappa shape index (κ1) is 19.2. The Hall–Kier alpha value is -2.61. The number of amides is 2. The molecule has 142 valence electrons. The van der Waals surface area contributed by atoms with E-state index in [0.717, 1.165) is 17.7 Å². The van der Waals surface area contributed by atoms with E-state index in [1.807, 2.05) is 0 Å². The fourth-order valence-electron chi connectivity index (χ4n) is 2.87. The molecule has 2 heterocycles. The topological polar surface area (TPSA) is 62.3 Å². The zero-order valence-corrected chi connectivity index (χ0v) is 14.9. The maximum Gasteiger partial charge on any atom is 0.417 e. The Balaban J connectivity index is 1.78. The number of benzene rings is 1. The van der Waals surface area contributed by atoms with Crippen molar-refractivity contribution in [2.45, 2.75) is 19.5 Å². The highest BCUT2D eigenvalue weighted by atomic mass is 35.5. The number of hydrogen-bond acceptors (Lipinski definition) is 3. The number of nitrogens with one attached hydrogen (secondary N) is 1. The van der Waals surface area contributed by atoms with Crippen LogP contribution in [0.1, 0.15) is 17.5 Å². The molecule has 1 atom stereocenters. The highest BCUT2D eigenvalue weighted by Gasteiger charge is 2.38. The van der Waals surface area contributed by atoms with Gasteiger partial charge in [0.2, 0.25) is 11.8 Å². The number of aromatic nitrogens is 1. The van der Waals surface area contributed by atoms with Crippen LogP contribution in [-0.2, 0) is 15.8 Å². The summed E-state index contributed by atoms with van der Waals surface area (Å²) in [6.45, 7) is 1.76. The summed E-state index contributed by atoms with van der Waals surface area (Å²) in [5, 5.41) is 2.21. The second-order valence-corrected chi connectivity index (χ2v) is 6.63. The Bertz CT molecular complexity index is 902. The van der Waals surface area contributed by atoms with E-state index in [0.29, 0.717) is 5.82 Å². The highest BCUT2D eigenvalue weighted by Crippen LogP contribution is 2.38. The van der Waals surface area contributed by atoms with Crippen LogP contribution < -0.4 is 10.2 Å². The third kappa shape index (κ3) is 4.05. The first-order valence-electron chi connectivity index (χ1n) is 8.06. The number of pyridine rings is 1. The van der Waals surface area contributed by atoms with E-state index in [4.69, 9.17) is 11.6 Å². The van der Waals surface area contributed by atoms with E-state index < -0.39 is 34.5 Å². The van der Waals surface area contributed by atoms with Crippen LogP contribution in [0.3, 0.4) is 0 Å². The van der Waals surface area contributed by atoms with Crippen molar-refractivity contribution in [3.05, 3.63) is 52.7 Å². The zero-order chi connectivity index (χ0) is 19.8. The lowest BCUT2D eigenvalue weighted by Gasteiger charge is -2.19. The number of carbonyl (C=O) groups excluding carboxylic acids is 2.